The summed E-state index contributed by atoms with van der Waals surface area (Å²) >= 11 is 1.46. The number of hydrogen-bond donors (Lipinski definition) is 3. The second kappa shape index (κ2) is 9.71. The van der Waals surface area contributed by atoms with Crippen molar-refractivity contribution in [2.24, 2.45) is 11.8 Å². The number of nitrogens with zero attached hydrogens (tertiary/aromatic N) is 4. The van der Waals surface area contributed by atoms with E-state index >= 15 is 0 Å². The van der Waals surface area contributed by atoms with Crippen LogP contribution >= 0.6 is 11.8 Å². The van der Waals surface area contributed by atoms with E-state index in [2.05, 4.69) is 10.3 Å². The number of hydrogen-bond acceptors (Lipinski definition) is 7. The van der Waals surface area contributed by atoms with E-state index in [1.54, 1.807) is 19.4 Å². The predicted octanol–water partition coefficient (Wildman–Crippen LogP) is 0.910. The number of aliphatic hydroxyl groups excluding tert-OH is 1. The molecular weight excluding hydrogens is 458 g/mol. The van der Waals surface area contributed by atoms with E-state index in [1.807, 2.05) is 36.4 Å². The van der Waals surface area contributed by atoms with Crippen LogP contribution in [0.3, 0.4) is 0 Å². The molecule has 4 aliphatic rings. The van der Waals surface area contributed by atoms with Crippen LogP contribution in [0, 0.1) is 11.8 Å². The average Bonchev–Trinajstić information content (AvgIpc) is 3.49. The van der Waals surface area contributed by atoms with Gasteiger partial charge in [-0.05, 0) is 13.3 Å². The molecule has 0 aromatic carbocycles. The number of imidazole rings is 1. The molecule has 2 amide bonds. The normalized spacial score (nSPS) is 31.4. The third-order valence-electron chi connectivity index (χ3n) is 7.11. The monoisotopic (exact) mass is 491 g/mol. The molecule has 5 heterocycles. The SMILES string of the molecule is CC.C[C@H](O)[C@H]1C(=O)N2C(C(=O)O)=C(SC3CN[C@H](C(=O)N4CC(n5ccnc5)C4)C3)[C@H](C)[C@H]12. The fourth-order valence-electron chi connectivity index (χ4n) is 5.37. The number of carboxylic acids is 1. The molecule has 1 unspecified atom stereocenters. The second-order valence-corrected chi connectivity index (χ2v) is 10.5. The van der Waals surface area contributed by atoms with Gasteiger partial charge in [0.1, 0.15) is 5.70 Å². The van der Waals surface area contributed by atoms with Gasteiger partial charge in [0.25, 0.3) is 0 Å². The first-order chi connectivity index (χ1) is 16.3. The third kappa shape index (κ3) is 4.03. The predicted molar refractivity (Wildman–Crippen MR) is 127 cm³/mol. The van der Waals surface area contributed by atoms with Crippen molar-refractivity contribution in [1.82, 2.24) is 24.7 Å². The highest BCUT2D eigenvalue weighted by atomic mass is 32.2. The molecule has 0 bridgehead atoms. The highest BCUT2D eigenvalue weighted by Gasteiger charge is 2.60. The largest absolute Gasteiger partial charge is 0.477 e. The van der Waals surface area contributed by atoms with Gasteiger partial charge in [-0.25, -0.2) is 9.78 Å². The summed E-state index contributed by atoms with van der Waals surface area (Å²) in [6.45, 7) is 9.41. The van der Waals surface area contributed by atoms with Gasteiger partial charge < -0.3 is 29.9 Å². The van der Waals surface area contributed by atoms with E-state index in [0.717, 1.165) is 0 Å². The third-order valence-corrected chi connectivity index (χ3v) is 8.63. The fraction of sp³-hybridized carbons (Fsp3) is 0.652. The number of amides is 2. The van der Waals surface area contributed by atoms with Crippen molar-refractivity contribution < 1.29 is 24.6 Å². The molecule has 6 atom stereocenters. The number of fused-ring (bicyclic) bond motifs is 1. The van der Waals surface area contributed by atoms with Gasteiger partial charge in [0.15, 0.2) is 0 Å². The molecule has 34 heavy (non-hydrogen) atoms. The summed E-state index contributed by atoms with van der Waals surface area (Å²) in [7, 11) is 0. The number of likely N-dealkylation sites (tertiary alicyclic amines) is 1. The van der Waals surface area contributed by atoms with Crippen LogP contribution in [0.25, 0.3) is 0 Å². The van der Waals surface area contributed by atoms with Crippen molar-refractivity contribution in [1.29, 1.82) is 0 Å². The first-order valence-electron chi connectivity index (χ1n) is 11.9. The summed E-state index contributed by atoms with van der Waals surface area (Å²) in [6.07, 6.45) is 5.19. The number of carboxylic acid groups (broad SMARTS) is 1. The maximum absolute atomic E-state index is 12.9. The van der Waals surface area contributed by atoms with Gasteiger partial charge in [0.05, 0.1) is 36.5 Å². The van der Waals surface area contributed by atoms with E-state index < -0.39 is 18.0 Å². The Morgan fingerprint density at radius 2 is 2.00 bits per heavy atom. The van der Waals surface area contributed by atoms with Crippen LogP contribution in [0.15, 0.2) is 29.3 Å². The van der Waals surface area contributed by atoms with E-state index in [9.17, 15) is 24.6 Å². The first-order valence-corrected chi connectivity index (χ1v) is 12.8. The summed E-state index contributed by atoms with van der Waals surface area (Å²) in [5.74, 6) is -2.10. The summed E-state index contributed by atoms with van der Waals surface area (Å²) in [5, 5.41) is 23.1. The minimum atomic E-state index is -1.12. The van der Waals surface area contributed by atoms with Crippen LogP contribution in [0.2, 0.25) is 0 Å². The van der Waals surface area contributed by atoms with Gasteiger partial charge in [0, 0.05) is 48.1 Å². The molecule has 3 fully saturated rings. The van der Waals surface area contributed by atoms with Gasteiger partial charge in [-0.15, -0.1) is 11.8 Å². The molecule has 11 heteroatoms. The van der Waals surface area contributed by atoms with Gasteiger partial charge in [-0.1, -0.05) is 20.8 Å². The number of nitrogens with one attached hydrogen (secondary N) is 1. The summed E-state index contributed by atoms with van der Waals surface area (Å²) < 4.78 is 2.01. The van der Waals surface area contributed by atoms with Crippen molar-refractivity contribution in [3.05, 3.63) is 29.3 Å². The van der Waals surface area contributed by atoms with Gasteiger partial charge in [-0.2, -0.15) is 0 Å². The molecule has 10 nitrogen and oxygen atoms in total. The molecule has 0 spiro atoms. The van der Waals surface area contributed by atoms with Gasteiger partial charge in [0.2, 0.25) is 11.8 Å². The van der Waals surface area contributed by atoms with Crippen molar-refractivity contribution in [3.8, 4) is 0 Å². The number of aromatic nitrogens is 2. The number of β-lactam (4-membered cyclic amide) rings is 1. The Morgan fingerprint density at radius 1 is 1.29 bits per heavy atom. The Morgan fingerprint density at radius 3 is 2.59 bits per heavy atom. The Hall–Kier alpha value is -2.37. The molecule has 4 aliphatic heterocycles. The zero-order valence-electron chi connectivity index (χ0n) is 19.9. The number of thioether (sulfide) groups is 1. The Kier molecular flexibility index (Phi) is 7.07. The van der Waals surface area contributed by atoms with E-state index in [0.29, 0.717) is 31.0 Å². The Bertz CT molecular complexity index is 974. The highest BCUT2D eigenvalue weighted by molar-refractivity contribution is 8.03. The second-order valence-electron chi connectivity index (χ2n) is 9.12. The smallest absolute Gasteiger partial charge is 0.353 e. The van der Waals surface area contributed by atoms with Crippen molar-refractivity contribution in [3.63, 3.8) is 0 Å². The minimum absolute atomic E-state index is 0.0371. The van der Waals surface area contributed by atoms with E-state index in [4.69, 9.17) is 0 Å². The van der Waals surface area contributed by atoms with Crippen LogP contribution in [0.4, 0.5) is 0 Å². The molecule has 3 saturated heterocycles. The molecule has 0 saturated carbocycles. The molecule has 1 aromatic rings. The summed E-state index contributed by atoms with van der Waals surface area (Å²) in [5.41, 5.74) is 0.0371. The topological polar surface area (TPSA) is 128 Å². The van der Waals surface area contributed by atoms with Gasteiger partial charge in [-0.3, -0.25) is 9.59 Å². The number of carbonyl (C=O) groups excluding carboxylic acids is 2. The highest BCUT2D eigenvalue weighted by Crippen LogP contribution is 2.51. The summed E-state index contributed by atoms with van der Waals surface area (Å²) in [4.78, 5) is 45.2. The van der Waals surface area contributed by atoms with Crippen molar-refractivity contribution >= 4 is 29.5 Å². The molecule has 0 radical (unpaired) electrons. The van der Waals surface area contributed by atoms with Crippen LogP contribution in [0.5, 0.6) is 0 Å². The maximum Gasteiger partial charge on any atom is 0.353 e. The number of rotatable bonds is 6. The molecule has 3 N–H and O–H groups in total. The quantitative estimate of drug-likeness (QED) is 0.501. The standard InChI is InChI=1S/C21H27N5O5S.C2H6/c1-10-16-15(11(2)27)20(29)26(16)17(21(30)31)18(10)32-13-5-14(23-6-13)19(28)25-7-12(8-25)24-4-3-22-9-24;1-2/h3-4,9-16,23,27H,5-8H2,1-2H3,(H,30,31);1-2H3/t10-,11+,13?,14+,15-,16-;/m1./s1. The van der Waals surface area contributed by atoms with E-state index in [-0.39, 0.29) is 46.8 Å². The molecular formula is C23H33N5O5S. The fourth-order valence-corrected chi connectivity index (χ4v) is 6.85. The lowest BCUT2D eigenvalue weighted by Crippen LogP contribution is -2.63. The number of aliphatic hydroxyl groups is 1. The lowest BCUT2D eigenvalue weighted by atomic mass is 9.79. The molecule has 186 valence electrons. The van der Waals surface area contributed by atoms with Gasteiger partial charge >= 0.3 is 5.97 Å². The Labute approximate surface area is 203 Å². The first kappa shape index (κ1) is 24.7. The van der Waals surface area contributed by atoms with Crippen molar-refractivity contribution in [2.75, 3.05) is 19.6 Å². The van der Waals surface area contributed by atoms with Crippen LogP contribution in [-0.4, -0.2) is 90.4 Å². The zero-order valence-corrected chi connectivity index (χ0v) is 20.7. The lowest BCUT2D eigenvalue weighted by molar-refractivity contribution is -0.163. The maximum atomic E-state index is 12.9. The Balaban J connectivity index is 0.00000133. The summed E-state index contributed by atoms with van der Waals surface area (Å²) in [6, 6.07) is -0.339. The van der Waals surface area contributed by atoms with Crippen LogP contribution in [-0.2, 0) is 14.4 Å². The molecule has 1 aromatic heterocycles. The number of carbonyl (C=O) groups is 3. The molecule has 5 rings (SSSR count). The number of aliphatic carboxylic acids is 1. The van der Waals surface area contributed by atoms with Crippen molar-refractivity contribution in [2.45, 2.75) is 63.6 Å². The van der Waals surface area contributed by atoms with E-state index in [1.165, 1.54) is 16.7 Å². The molecule has 0 aliphatic carbocycles. The van der Waals surface area contributed by atoms with Crippen LogP contribution < -0.4 is 5.32 Å². The minimum Gasteiger partial charge on any atom is -0.477 e. The van der Waals surface area contributed by atoms with Crippen LogP contribution in [0.1, 0.15) is 40.2 Å². The zero-order chi connectivity index (χ0) is 24.7. The average molecular weight is 492 g/mol. The lowest BCUT2D eigenvalue weighted by Gasteiger charge is -2.46.